The van der Waals surface area contributed by atoms with Crippen LogP contribution in [0.1, 0.15) is 29.4 Å². The van der Waals surface area contributed by atoms with Crippen LogP contribution in [0.5, 0.6) is 0 Å². The average molecular weight is 268 g/mol. The van der Waals surface area contributed by atoms with E-state index in [0.717, 1.165) is 22.7 Å². The summed E-state index contributed by atoms with van der Waals surface area (Å²) in [5.74, 6) is -0.115. The van der Waals surface area contributed by atoms with Crippen LogP contribution in [0.15, 0.2) is 41.5 Å². The fourth-order valence-electron chi connectivity index (χ4n) is 2.49. The molecule has 2 aromatic rings. The topological polar surface area (TPSA) is 59.3 Å². The van der Waals surface area contributed by atoms with Crippen LogP contribution in [-0.2, 0) is 4.79 Å². The summed E-state index contributed by atoms with van der Waals surface area (Å²) in [4.78, 5) is 12.1. The highest BCUT2D eigenvalue weighted by Crippen LogP contribution is 2.21. The van der Waals surface area contributed by atoms with Crippen LogP contribution in [0.4, 0.5) is 0 Å². The van der Waals surface area contributed by atoms with E-state index in [1.165, 1.54) is 0 Å². The van der Waals surface area contributed by atoms with E-state index < -0.39 is 0 Å². The molecule has 0 bridgehead atoms. The first-order valence-electron chi connectivity index (χ1n) is 6.60. The lowest BCUT2D eigenvalue weighted by Crippen LogP contribution is -2.37. The minimum atomic E-state index is -0.337. The lowest BCUT2D eigenvalue weighted by Gasteiger charge is -2.22. The number of hydrogen-bond acceptors (Lipinski definition) is 3. The zero-order valence-corrected chi connectivity index (χ0v) is 11.5. The van der Waals surface area contributed by atoms with Crippen molar-refractivity contribution in [1.29, 1.82) is 0 Å². The molecule has 0 saturated heterocycles. The van der Waals surface area contributed by atoms with Crippen molar-refractivity contribution in [2.75, 3.05) is 0 Å². The van der Waals surface area contributed by atoms with E-state index in [4.69, 9.17) is 0 Å². The van der Waals surface area contributed by atoms with Crippen LogP contribution in [0.3, 0.4) is 0 Å². The van der Waals surface area contributed by atoms with Crippen molar-refractivity contribution in [3.05, 3.63) is 53.3 Å². The fourth-order valence-corrected chi connectivity index (χ4v) is 2.49. The van der Waals surface area contributed by atoms with Gasteiger partial charge in [-0.25, -0.2) is 5.43 Å². The van der Waals surface area contributed by atoms with Gasteiger partial charge in [0.05, 0.1) is 11.4 Å². The Kier molecular flexibility index (Phi) is 3.10. The normalized spacial score (nSPS) is 18.6. The largest absolute Gasteiger partial charge is 0.271 e. The van der Waals surface area contributed by atoms with Crippen molar-refractivity contribution in [3.8, 4) is 0 Å². The Morgan fingerprint density at radius 2 is 2.00 bits per heavy atom. The second-order valence-electron chi connectivity index (χ2n) is 4.99. The van der Waals surface area contributed by atoms with Gasteiger partial charge >= 0.3 is 0 Å². The highest BCUT2D eigenvalue weighted by Gasteiger charge is 2.28. The highest BCUT2D eigenvalue weighted by atomic mass is 16.2. The summed E-state index contributed by atoms with van der Waals surface area (Å²) in [6.45, 7) is 3.89. The SMILES string of the molecule is Cc1cc(C)n(C2CC(c3ccccc3)=NNC2=O)n1. The molecule has 1 aliphatic heterocycles. The molecule has 1 atom stereocenters. The predicted molar refractivity (Wildman–Crippen MR) is 76.5 cm³/mol. The third kappa shape index (κ3) is 2.22. The molecule has 5 nitrogen and oxygen atoms in total. The number of benzene rings is 1. The first-order chi connectivity index (χ1) is 9.65. The molecule has 1 aromatic carbocycles. The molecule has 0 aliphatic carbocycles. The summed E-state index contributed by atoms with van der Waals surface area (Å²) in [5, 5.41) is 8.58. The number of hydrazone groups is 1. The Labute approximate surface area is 117 Å². The van der Waals surface area contributed by atoms with Crippen LogP contribution in [0.2, 0.25) is 0 Å². The van der Waals surface area contributed by atoms with Crippen molar-refractivity contribution < 1.29 is 4.79 Å². The number of hydrogen-bond donors (Lipinski definition) is 1. The molecule has 1 aromatic heterocycles. The Balaban J connectivity index is 1.93. The minimum absolute atomic E-state index is 0.115. The number of carbonyl (C=O) groups is 1. The van der Waals surface area contributed by atoms with E-state index in [-0.39, 0.29) is 11.9 Å². The quantitative estimate of drug-likeness (QED) is 0.905. The van der Waals surface area contributed by atoms with Crippen molar-refractivity contribution in [3.63, 3.8) is 0 Å². The van der Waals surface area contributed by atoms with Crippen molar-refractivity contribution >= 4 is 11.6 Å². The third-order valence-electron chi connectivity index (χ3n) is 3.44. The van der Waals surface area contributed by atoms with Gasteiger partial charge in [0.2, 0.25) is 0 Å². The van der Waals surface area contributed by atoms with Gasteiger partial charge in [-0.15, -0.1) is 0 Å². The van der Waals surface area contributed by atoms with Gasteiger partial charge in [0, 0.05) is 12.1 Å². The monoisotopic (exact) mass is 268 g/mol. The molecule has 0 radical (unpaired) electrons. The molecule has 20 heavy (non-hydrogen) atoms. The van der Waals surface area contributed by atoms with E-state index in [0.29, 0.717) is 6.42 Å². The lowest BCUT2D eigenvalue weighted by atomic mass is 10.0. The highest BCUT2D eigenvalue weighted by molar-refractivity contribution is 6.05. The maximum absolute atomic E-state index is 12.1. The molecule has 1 amide bonds. The number of aryl methyl sites for hydroxylation is 2. The lowest BCUT2D eigenvalue weighted by molar-refractivity contribution is -0.124. The third-order valence-corrected chi connectivity index (χ3v) is 3.44. The molecule has 0 spiro atoms. The second kappa shape index (κ2) is 4.92. The van der Waals surface area contributed by atoms with Crippen LogP contribution in [-0.4, -0.2) is 21.4 Å². The number of aromatic nitrogens is 2. The Hall–Kier alpha value is -2.43. The van der Waals surface area contributed by atoms with Crippen LogP contribution < -0.4 is 5.43 Å². The number of amides is 1. The molecule has 1 N–H and O–H groups in total. The van der Waals surface area contributed by atoms with Gasteiger partial charge < -0.3 is 0 Å². The average Bonchev–Trinajstić information content (AvgIpc) is 2.79. The maximum atomic E-state index is 12.1. The number of nitrogens with one attached hydrogen (secondary N) is 1. The van der Waals surface area contributed by atoms with E-state index in [9.17, 15) is 4.79 Å². The molecule has 3 rings (SSSR count). The Morgan fingerprint density at radius 3 is 2.65 bits per heavy atom. The maximum Gasteiger partial charge on any atom is 0.265 e. The summed E-state index contributed by atoms with van der Waals surface area (Å²) in [5.41, 5.74) is 6.41. The molecule has 1 aliphatic rings. The van der Waals surface area contributed by atoms with Gasteiger partial charge in [0.1, 0.15) is 6.04 Å². The summed E-state index contributed by atoms with van der Waals surface area (Å²) in [7, 11) is 0. The summed E-state index contributed by atoms with van der Waals surface area (Å²) < 4.78 is 1.78. The Bertz CT molecular complexity index is 672. The fraction of sp³-hybridized carbons (Fsp3) is 0.267. The zero-order chi connectivity index (χ0) is 14.1. The molecule has 0 saturated carbocycles. The summed E-state index contributed by atoms with van der Waals surface area (Å²) >= 11 is 0. The molecular weight excluding hydrogens is 252 g/mol. The van der Waals surface area contributed by atoms with Crippen molar-refractivity contribution in [2.24, 2.45) is 5.10 Å². The van der Waals surface area contributed by atoms with E-state index in [1.807, 2.05) is 50.2 Å². The van der Waals surface area contributed by atoms with E-state index in [2.05, 4.69) is 15.6 Å². The number of rotatable bonds is 2. The molecule has 102 valence electrons. The standard InChI is InChI=1S/C15H16N4O/c1-10-8-11(2)19(18-10)14-9-13(16-17-15(14)20)12-6-4-3-5-7-12/h3-8,14H,9H2,1-2H3,(H,17,20). The van der Waals surface area contributed by atoms with E-state index >= 15 is 0 Å². The zero-order valence-electron chi connectivity index (χ0n) is 11.5. The van der Waals surface area contributed by atoms with Gasteiger partial charge in [0.15, 0.2) is 0 Å². The second-order valence-corrected chi connectivity index (χ2v) is 4.99. The summed E-state index contributed by atoms with van der Waals surface area (Å²) in [6, 6.07) is 11.5. The van der Waals surface area contributed by atoms with Gasteiger partial charge in [0.25, 0.3) is 5.91 Å². The first-order valence-corrected chi connectivity index (χ1v) is 6.60. The van der Waals surface area contributed by atoms with Gasteiger partial charge in [-0.1, -0.05) is 30.3 Å². The first kappa shape index (κ1) is 12.6. The van der Waals surface area contributed by atoms with Crippen molar-refractivity contribution in [1.82, 2.24) is 15.2 Å². The van der Waals surface area contributed by atoms with Gasteiger partial charge in [-0.05, 0) is 25.5 Å². The smallest absolute Gasteiger partial charge is 0.265 e. The molecule has 2 heterocycles. The van der Waals surface area contributed by atoms with Gasteiger partial charge in [-0.2, -0.15) is 10.2 Å². The van der Waals surface area contributed by atoms with E-state index in [1.54, 1.807) is 4.68 Å². The van der Waals surface area contributed by atoms with Crippen LogP contribution in [0, 0.1) is 13.8 Å². The minimum Gasteiger partial charge on any atom is -0.271 e. The van der Waals surface area contributed by atoms with Crippen LogP contribution in [0.25, 0.3) is 0 Å². The molecule has 0 fully saturated rings. The molecular formula is C15H16N4O. The molecule has 1 unspecified atom stereocenters. The van der Waals surface area contributed by atoms with Gasteiger partial charge in [-0.3, -0.25) is 9.48 Å². The molecule has 5 heteroatoms. The van der Waals surface area contributed by atoms with Crippen molar-refractivity contribution in [2.45, 2.75) is 26.3 Å². The predicted octanol–water partition coefficient (Wildman–Crippen LogP) is 1.97. The number of nitrogens with zero attached hydrogens (tertiary/aromatic N) is 3. The number of carbonyl (C=O) groups excluding carboxylic acids is 1. The Morgan fingerprint density at radius 1 is 1.25 bits per heavy atom. The van der Waals surface area contributed by atoms with Crippen LogP contribution >= 0.6 is 0 Å². The summed E-state index contributed by atoms with van der Waals surface area (Å²) in [6.07, 6.45) is 0.553.